The summed E-state index contributed by atoms with van der Waals surface area (Å²) in [6, 6.07) is 15.7. The number of hydrogen-bond donors (Lipinski definition) is 1. The molecule has 242 valence electrons. The average Bonchev–Trinajstić information content (AvgIpc) is 3.44. The minimum atomic E-state index is -0.475. The van der Waals surface area contributed by atoms with Crippen LogP contribution in [-0.2, 0) is 4.79 Å². The molecule has 13 heteroatoms. The van der Waals surface area contributed by atoms with E-state index in [2.05, 4.69) is 47.8 Å². The van der Waals surface area contributed by atoms with Crippen LogP contribution < -0.4 is 5.32 Å². The van der Waals surface area contributed by atoms with Crippen molar-refractivity contribution in [3.05, 3.63) is 86.0 Å². The maximum absolute atomic E-state index is 13.0. The van der Waals surface area contributed by atoms with Crippen LogP contribution in [0.5, 0.6) is 0 Å². The highest BCUT2D eigenvalue weighted by Crippen LogP contribution is 2.41. The Bertz CT molecular complexity index is 1720. The second-order valence-corrected chi connectivity index (χ2v) is 13.0. The van der Waals surface area contributed by atoms with E-state index in [9.17, 15) is 25.0 Å². The van der Waals surface area contributed by atoms with Crippen molar-refractivity contribution in [2.75, 3.05) is 50.3 Å². The monoisotopic (exact) mass is 646 g/mol. The number of carbonyl (C=O) groups is 1. The number of fused-ring (bicyclic) bond motifs is 1. The number of nitro benzene ring substituents is 2. The molecular weight excluding hydrogens is 608 g/mol. The summed E-state index contributed by atoms with van der Waals surface area (Å²) >= 11 is 1.41. The number of hydrogen-bond acceptors (Lipinski definition) is 10. The predicted octanol–water partition coefficient (Wildman–Crippen LogP) is 6.91. The second kappa shape index (κ2) is 14.4. The van der Waals surface area contributed by atoms with Gasteiger partial charge in [0.15, 0.2) is 0 Å². The van der Waals surface area contributed by atoms with Gasteiger partial charge in [0.2, 0.25) is 11.5 Å². The Hall–Kier alpha value is -4.33. The molecule has 5 rings (SSSR count). The standard InChI is InChI=1S/C33H38N6O6S/c1-21(2)24-7-5-8-25(22(3)4)31(24)26-12-11-23(19-29(26)39(43)44)34-30(40)20-37-15-13-36(14-16-37)17-18-46-33-35-27-9-6-10-28(38(41)42)32(27)45-33/h5-12,19,21-22H,13-18,20H2,1-4H3,(H,34,40). The number of non-ortho nitro benzene ring substituents is 1. The van der Waals surface area contributed by atoms with Gasteiger partial charge in [-0.15, -0.1) is 0 Å². The Morgan fingerprint density at radius 2 is 1.54 bits per heavy atom. The highest BCUT2D eigenvalue weighted by molar-refractivity contribution is 7.99. The van der Waals surface area contributed by atoms with Crippen LogP contribution in [0.1, 0.15) is 50.7 Å². The number of nitro groups is 2. The molecule has 0 saturated carbocycles. The fourth-order valence-electron chi connectivity index (χ4n) is 5.79. The normalized spacial score (nSPS) is 14.3. The lowest BCUT2D eigenvalue weighted by molar-refractivity contribution is -0.384. The van der Waals surface area contributed by atoms with Gasteiger partial charge >= 0.3 is 5.69 Å². The first-order valence-corrected chi connectivity index (χ1v) is 16.3. The highest BCUT2D eigenvalue weighted by atomic mass is 32.2. The Labute approximate surface area is 271 Å². The largest absolute Gasteiger partial charge is 0.424 e. The van der Waals surface area contributed by atoms with Crippen LogP contribution in [0.2, 0.25) is 0 Å². The van der Waals surface area contributed by atoms with E-state index in [0.717, 1.165) is 36.3 Å². The number of oxazole rings is 1. The number of piperazine rings is 1. The van der Waals surface area contributed by atoms with E-state index in [1.54, 1.807) is 24.3 Å². The summed E-state index contributed by atoms with van der Waals surface area (Å²) in [6.45, 7) is 12.3. The van der Waals surface area contributed by atoms with E-state index >= 15 is 0 Å². The zero-order chi connectivity index (χ0) is 33.0. The number of rotatable bonds is 12. The number of para-hydroxylation sites is 1. The first kappa shape index (κ1) is 33.0. The number of thioether (sulfide) groups is 1. The van der Waals surface area contributed by atoms with Crippen molar-refractivity contribution in [1.29, 1.82) is 0 Å². The summed E-state index contributed by atoms with van der Waals surface area (Å²) in [5.41, 5.74) is 4.48. The summed E-state index contributed by atoms with van der Waals surface area (Å²) in [5.74, 6) is 0.857. The van der Waals surface area contributed by atoms with E-state index in [-0.39, 0.29) is 46.2 Å². The number of carbonyl (C=O) groups excluding carboxylic acids is 1. The van der Waals surface area contributed by atoms with Crippen LogP contribution in [0.3, 0.4) is 0 Å². The average molecular weight is 647 g/mol. The lowest BCUT2D eigenvalue weighted by Gasteiger charge is -2.34. The SMILES string of the molecule is CC(C)c1cccc(C(C)C)c1-c1ccc(NC(=O)CN2CCN(CCSc3nc4cccc([N+](=O)[O-])c4o3)CC2)cc1[N+](=O)[O-]. The Balaban J connectivity index is 1.15. The van der Waals surface area contributed by atoms with Crippen molar-refractivity contribution in [3.8, 4) is 11.1 Å². The number of nitrogens with zero attached hydrogens (tertiary/aromatic N) is 5. The smallest absolute Gasteiger partial charge is 0.313 e. The number of amides is 1. The third-order valence-corrected chi connectivity index (χ3v) is 8.97. The van der Waals surface area contributed by atoms with Crippen molar-refractivity contribution in [1.82, 2.24) is 14.8 Å². The van der Waals surface area contributed by atoms with Gasteiger partial charge in [-0.2, -0.15) is 0 Å². The Morgan fingerprint density at radius 3 is 2.17 bits per heavy atom. The number of nitrogens with one attached hydrogen (secondary N) is 1. The molecular formula is C33H38N6O6S. The zero-order valence-electron chi connectivity index (χ0n) is 26.4. The summed E-state index contributed by atoms with van der Waals surface area (Å²) < 4.78 is 5.64. The second-order valence-electron chi connectivity index (χ2n) is 12.0. The summed E-state index contributed by atoms with van der Waals surface area (Å²) in [7, 11) is 0. The molecule has 0 unspecified atom stereocenters. The maximum atomic E-state index is 13.0. The van der Waals surface area contributed by atoms with E-state index in [0.29, 0.717) is 40.8 Å². The first-order chi connectivity index (χ1) is 22.0. The minimum absolute atomic E-state index is 0.0321. The topological polar surface area (TPSA) is 148 Å². The number of benzene rings is 3. The van der Waals surface area contributed by atoms with Gasteiger partial charge in [-0.3, -0.25) is 34.8 Å². The molecule has 1 N–H and O–H groups in total. The molecule has 46 heavy (non-hydrogen) atoms. The Morgan fingerprint density at radius 1 is 0.913 bits per heavy atom. The molecule has 0 aliphatic carbocycles. The Kier molecular flexibility index (Phi) is 10.3. The van der Waals surface area contributed by atoms with Gasteiger partial charge in [0.1, 0.15) is 5.52 Å². The molecule has 0 spiro atoms. The molecule has 1 aromatic heterocycles. The summed E-state index contributed by atoms with van der Waals surface area (Å²) in [6.07, 6.45) is 0. The molecule has 0 radical (unpaired) electrons. The molecule has 3 aromatic carbocycles. The van der Waals surface area contributed by atoms with Gasteiger partial charge in [-0.25, -0.2) is 4.98 Å². The predicted molar refractivity (Wildman–Crippen MR) is 180 cm³/mol. The van der Waals surface area contributed by atoms with Gasteiger partial charge < -0.3 is 9.73 Å². The van der Waals surface area contributed by atoms with Crippen molar-refractivity contribution >= 4 is 45.8 Å². The molecule has 1 amide bonds. The molecule has 12 nitrogen and oxygen atoms in total. The molecule has 2 heterocycles. The van der Waals surface area contributed by atoms with Gasteiger partial charge in [-0.1, -0.05) is 63.7 Å². The van der Waals surface area contributed by atoms with Crippen molar-refractivity contribution in [2.45, 2.75) is 44.8 Å². The molecule has 1 aliphatic rings. The fraction of sp³-hybridized carbons (Fsp3) is 0.394. The van der Waals surface area contributed by atoms with E-state index in [4.69, 9.17) is 4.42 Å². The molecule has 0 bridgehead atoms. The molecule has 1 saturated heterocycles. The third kappa shape index (κ3) is 7.54. The zero-order valence-corrected chi connectivity index (χ0v) is 27.2. The maximum Gasteiger partial charge on any atom is 0.313 e. The van der Waals surface area contributed by atoms with Gasteiger partial charge in [-0.05, 0) is 46.7 Å². The van der Waals surface area contributed by atoms with E-state index < -0.39 is 4.92 Å². The van der Waals surface area contributed by atoms with Crippen molar-refractivity contribution in [2.24, 2.45) is 0 Å². The van der Waals surface area contributed by atoms with Crippen LogP contribution in [0, 0.1) is 20.2 Å². The first-order valence-electron chi connectivity index (χ1n) is 15.3. The molecule has 4 aromatic rings. The van der Waals surface area contributed by atoms with Crippen LogP contribution >= 0.6 is 11.8 Å². The van der Waals surface area contributed by atoms with Crippen LogP contribution in [0.4, 0.5) is 17.1 Å². The van der Waals surface area contributed by atoms with Gasteiger partial charge in [0.05, 0.1) is 22.0 Å². The third-order valence-electron chi connectivity index (χ3n) is 8.16. The molecule has 0 atom stereocenters. The van der Waals surface area contributed by atoms with E-state index in [1.165, 1.54) is 23.9 Å². The van der Waals surface area contributed by atoms with Crippen LogP contribution in [-0.4, -0.2) is 75.6 Å². The van der Waals surface area contributed by atoms with Crippen LogP contribution in [0.15, 0.2) is 64.2 Å². The summed E-state index contributed by atoms with van der Waals surface area (Å²) in [5, 5.41) is 26.7. The summed E-state index contributed by atoms with van der Waals surface area (Å²) in [4.78, 5) is 44.3. The van der Waals surface area contributed by atoms with Gasteiger partial charge in [0, 0.05) is 56.3 Å². The van der Waals surface area contributed by atoms with Crippen LogP contribution in [0.25, 0.3) is 22.2 Å². The molecule has 1 fully saturated rings. The van der Waals surface area contributed by atoms with Crippen molar-refractivity contribution in [3.63, 3.8) is 0 Å². The lowest BCUT2D eigenvalue weighted by atomic mass is 9.84. The van der Waals surface area contributed by atoms with Crippen molar-refractivity contribution < 1.29 is 19.1 Å². The fourth-order valence-corrected chi connectivity index (χ4v) is 6.62. The quantitative estimate of drug-likeness (QED) is 0.0978. The molecule has 1 aliphatic heterocycles. The highest BCUT2D eigenvalue weighted by Gasteiger charge is 2.25. The number of anilines is 1. The van der Waals surface area contributed by atoms with Gasteiger partial charge in [0.25, 0.3) is 10.9 Å². The number of aromatic nitrogens is 1. The van der Waals surface area contributed by atoms with E-state index in [1.807, 2.05) is 18.2 Å². The minimum Gasteiger partial charge on any atom is -0.424 e. The lowest BCUT2D eigenvalue weighted by Crippen LogP contribution is -2.49.